The minimum atomic E-state index is 0.331. The van der Waals surface area contributed by atoms with Crippen LogP contribution in [0, 0.1) is 0 Å². The Morgan fingerprint density at radius 1 is 1.46 bits per heavy atom. The van der Waals surface area contributed by atoms with Gasteiger partial charge in [0.1, 0.15) is 12.3 Å². The van der Waals surface area contributed by atoms with Crippen molar-refractivity contribution in [3.05, 3.63) is 29.8 Å². The molecule has 13 heavy (non-hydrogen) atoms. The second kappa shape index (κ2) is 5.56. The molecular formula is C10H16NO2+. The van der Waals surface area contributed by atoms with Gasteiger partial charge in [0.25, 0.3) is 0 Å². The van der Waals surface area contributed by atoms with Crippen molar-refractivity contribution in [2.24, 2.45) is 0 Å². The molecule has 0 saturated heterocycles. The van der Waals surface area contributed by atoms with Gasteiger partial charge in [-0.1, -0.05) is 12.1 Å². The zero-order valence-electron chi connectivity index (χ0n) is 7.86. The van der Waals surface area contributed by atoms with Gasteiger partial charge >= 0.3 is 0 Å². The molecule has 0 spiro atoms. The number of hydrogen-bond acceptors (Lipinski definition) is 2. The first kappa shape index (κ1) is 10.0. The summed E-state index contributed by atoms with van der Waals surface area (Å²) in [7, 11) is 1.70. The third-order valence-corrected chi connectivity index (χ3v) is 1.82. The van der Waals surface area contributed by atoms with E-state index in [0.717, 1.165) is 25.3 Å². The Bertz CT molecular complexity index is 250. The molecule has 0 amide bonds. The average molecular weight is 182 g/mol. The summed E-state index contributed by atoms with van der Waals surface area (Å²) >= 11 is 0. The van der Waals surface area contributed by atoms with Crippen LogP contribution < -0.4 is 5.32 Å². The Hall–Kier alpha value is -1.06. The van der Waals surface area contributed by atoms with Crippen LogP contribution >= 0.6 is 0 Å². The summed E-state index contributed by atoms with van der Waals surface area (Å²) in [4.78, 5) is 0. The highest BCUT2D eigenvalue weighted by atomic mass is 16.5. The van der Waals surface area contributed by atoms with Gasteiger partial charge in [-0.05, 0) is 12.1 Å². The van der Waals surface area contributed by atoms with Gasteiger partial charge in [0.05, 0.1) is 13.2 Å². The molecule has 72 valence electrons. The van der Waals surface area contributed by atoms with E-state index in [9.17, 15) is 5.11 Å². The third kappa shape index (κ3) is 3.92. The molecule has 0 fully saturated rings. The van der Waals surface area contributed by atoms with E-state index in [4.69, 9.17) is 4.74 Å². The molecular weight excluding hydrogens is 166 g/mol. The van der Waals surface area contributed by atoms with Gasteiger partial charge in [0.2, 0.25) is 0 Å². The molecule has 3 nitrogen and oxygen atoms in total. The fourth-order valence-electron chi connectivity index (χ4n) is 1.15. The van der Waals surface area contributed by atoms with E-state index < -0.39 is 0 Å². The summed E-state index contributed by atoms with van der Waals surface area (Å²) in [6, 6.07) is 7.32. The molecule has 0 atom stereocenters. The summed E-state index contributed by atoms with van der Waals surface area (Å²) in [5.74, 6) is 0.331. The zero-order valence-corrected chi connectivity index (χ0v) is 7.86. The molecule has 0 unspecified atom stereocenters. The van der Waals surface area contributed by atoms with Crippen LogP contribution in [0.5, 0.6) is 5.75 Å². The highest BCUT2D eigenvalue weighted by Crippen LogP contribution is 2.09. The smallest absolute Gasteiger partial charge is 0.116 e. The average Bonchev–Trinajstić information content (AvgIpc) is 2.13. The molecule has 0 aliphatic rings. The first-order valence-corrected chi connectivity index (χ1v) is 4.41. The molecule has 3 heteroatoms. The number of rotatable bonds is 5. The van der Waals surface area contributed by atoms with E-state index in [2.05, 4.69) is 5.32 Å². The molecule has 0 radical (unpaired) electrons. The van der Waals surface area contributed by atoms with Crippen molar-refractivity contribution in [3.8, 4) is 5.75 Å². The number of aromatic hydroxyl groups is 1. The van der Waals surface area contributed by atoms with Gasteiger partial charge in [-0.2, -0.15) is 0 Å². The zero-order chi connectivity index (χ0) is 9.52. The maximum absolute atomic E-state index is 9.18. The molecule has 0 heterocycles. The van der Waals surface area contributed by atoms with Crippen LogP contribution in [0.25, 0.3) is 0 Å². The molecule has 1 rings (SSSR count). The summed E-state index contributed by atoms with van der Waals surface area (Å²) in [6.45, 7) is 2.60. The molecule has 0 bridgehead atoms. The number of phenols is 1. The normalized spacial score (nSPS) is 10.2. The van der Waals surface area contributed by atoms with E-state index in [1.807, 2.05) is 12.1 Å². The van der Waals surface area contributed by atoms with E-state index in [-0.39, 0.29) is 0 Å². The second-order valence-corrected chi connectivity index (χ2v) is 2.94. The summed E-state index contributed by atoms with van der Waals surface area (Å²) in [5, 5.41) is 11.3. The van der Waals surface area contributed by atoms with Crippen molar-refractivity contribution < 1.29 is 15.2 Å². The van der Waals surface area contributed by atoms with Crippen LogP contribution in [-0.4, -0.2) is 25.4 Å². The van der Waals surface area contributed by atoms with Gasteiger partial charge in [0.15, 0.2) is 0 Å². The van der Waals surface area contributed by atoms with Crippen molar-refractivity contribution in [2.75, 3.05) is 20.3 Å². The van der Waals surface area contributed by atoms with Crippen molar-refractivity contribution >= 4 is 0 Å². The molecule has 0 aliphatic carbocycles. The van der Waals surface area contributed by atoms with E-state index in [1.54, 1.807) is 19.2 Å². The second-order valence-electron chi connectivity index (χ2n) is 2.94. The Morgan fingerprint density at radius 2 is 2.31 bits per heavy atom. The SMILES string of the molecule is COCC[NH2+]Cc1cccc(O)c1. The summed E-state index contributed by atoms with van der Waals surface area (Å²) in [5.41, 5.74) is 1.14. The largest absolute Gasteiger partial charge is 0.508 e. The highest BCUT2D eigenvalue weighted by Gasteiger charge is 1.95. The Morgan fingerprint density at radius 3 is 3.00 bits per heavy atom. The van der Waals surface area contributed by atoms with Gasteiger partial charge in [-0.15, -0.1) is 0 Å². The third-order valence-electron chi connectivity index (χ3n) is 1.82. The lowest BCUT2D eigenvalue weighted by atomic mass is 10.2. The molecule has 0 aliphatic heterocycles. The van der Waals surface area contributed by atoms with Crippen LogP contribution in [0.2, 0.25) is 0 Å². The van der Waals surface area contributed by atoms with Gasteiger partial charge in [0, 0.05) is 12.7 Å². The molecule has 0 aromatic heterocycles. The minimum Gasteiger partial charge on any atom is -0.508 e. The quantitative estimate of drug-likeness (QED) is 0.634. The molecule has 1 aromatic rings. The number of quaternary nitrogens is 1. The lowest BCUT2D eigenvalue weighted by Crippen LogP contribution is -2.83. The van der Waals surface area contributed by atoms with Crippen LogP contribution in [0.4, 0.5) is 0 Å². The van der Waals surface area contributed by atoms with Crippen LogP contribution in [0.3, 0.4) is 0 Å². The van der Waals surface area contributed by atoms with E-state index in [1.165, 1.54) is 0 Å². The fourth-order valence-corrected chi connectivity index (χ4v) is 1.15. The van der Waals surface area contributed by atoms with Crippen LogP contribution in [0.15, 0.2) is 24.3 Å². The fraction of sp³-hybridized carbons (Fsp3) is 0.400. The van der Waals surface area contributed by atoms with Gasteiger partial charge in [-0.25, -0.2) is 0 Å². The van der Waals surface area contributed by atoms with E-state index in [0.29, 0.717) is 5.75 Å². The van der Waals surface area contributed by atoms with E-state index >= 15 is 0 Å². The van der Waals surface area contributed by atoms with Crippen molar-refractivity contribution in [1.29, 1.82) is 0 Å². The minimum absolute atomic E-state index is 0.331. The summed E-state index contributed by atoms with van der Waals surface area (Å²) < 4.78 is 4.92. The van der Waals surface area contributed by atoms with Crippen molar-refractivity contribution in [3.63, 3.8) is 0 Å². The maximum Gasteiger partial charge on any atom is 0.116 e. The number of hydrogen-bond donors (Lipinski definition) is 2. The first-order chi connectivity index (χ1) is 6.33. The molecule has 3 N–H and O–H groups in total. The number of nitrogens with two attached hydrogens (primary N) is 1. The lowest BCUT2D eigenvalue weighted by molar-refractivity contribution is -0.671. The number of ether oxygens (including phenoxy) is 1. The van der Waals surface area contributed by atoms with Crippen molar-refractivity contribution in [1.82, 2.24) is 0 Å². The summed E-state index contributed by atoms with van der Waals surface area (Å²) in [6.07, 6.45) is 0. The number of phenolic OH excluding ortho intramolecular Hbond substituents is 1. The van der Waals surface area contributed by atoms with Crippen LogP contribution in [0.1, 0.15) is 5.56 Å². The van der Waals surface area contributed by atoms with Crippen LogP contribution in [-0.2, 0) is 11.3 Å². The number of methoxy groups -OCH3 is 1. The Balaban J connectivity index is 2.28. The molecule has 0 saturated carbocycles. The Kier molecular flexibility index (Phi) is 4.29. The predicted octanol–water partition coefficient (Wildman–Crippen LogP) is 0.102. The lowest BCUT2D eigenvalue weighted by Gasteiger charge is -2.01. The van der Waals surface area contributed by atoms with Gasteiger partial charge in [-0.3, -0.25) is 0 Å². The first-order valence-electron chi connectivity index (χ1n) is 4.41. The number of benzene rings is 1. The molecule has 1 aromatic carbocycles. The maximum atomic E-state index is 9.18. The van der Waals surface area contributed by atoms with Gasteiger partial charge < -0.3 is 15.2 Å². The Labute approximate surface area is 78.3 Å². The van der Waals surface area contributed by atoms with Crippen molar-refractivity contribution in [2.45, 2.75) is 6.54 Å². The topological polar surface area (TPSA) is 46.1 Å². The highest BCUT2D eigenvalue weighted by molar-refractivity contribution is 5.26. The standard InChI is InChI=1S/C10H15NO2/c1-13-6-5-11-8-9-3-2-4-10(12)7-9/h2-4,7,11-12H,5-6,8H2,1H3/p+1. The monoisotopic (exact) mass is 182 g/mol. The predicted molar refractivity (Wildman–Crippen MR) is 50.5 cm³/mol.